The number of aromatic amines is 2. The first-order valence-corrected chi connectivity index (χ1v) is 29.6. The number of hydrogen-bond donors (Lipinski definition) is 13. The summed E-state index contributed by atoms with van der Waals surface area (Å²) in [5.74, 6) is 2.88. The van der Waals surface area contributed by atoms with Crippen LogP contribution in [0.2, 0.25) is 0 Å². The number of carbonyl (C=O) groups excluding carboxylic acids is 1. The van der Waals surface area contributed by atoms with Gasteiger partial charge in [-0.15, -0.1) is 5.92 Å². The minimum Gasteiger partial charge on any atom is -0.481 e. The van der Waals surface area contributed by atoms with Crippen molar-refractivity contribution in [3.8, 4) is 11.8 Å². The summed E-state index contributed by atoms with van der Waals surface area (Å²) in [6.45, 7) is 8.35. The van der Waals surface area contributed by atoms with Crippen LogP contribution in [0, 0.1) is 97.1 Å². The van der Waals surface area contributed by atoms with Crippen LogP contribution >= 0.6 is 0 Å². The summed E-state index contributed by atoms with van der Waals surface area (Å²) in [5, 5.41) is 100. The van der Waals surface area contributed by atoms with Crippen molar-refractivity contribution in [1.29, 1.82) is 0 Å². The molecular weight excluding hydrogens is 1010 g/mol. The Kier molecular flexibility index (Phi) is 15.0. The summed E-state index contributed by atoms with van der Waals surface area (Å²) in [7, 11) is 1.81. The van der Waals surface area contributed by atoms with E-state index in [9.17, 15) is 45.6 Å². The van der Waals surface area contributed by atoms with Crippen LogP contribution in [-0.4, -0.2) is 155 Å². The van der Waals surface area contributed by atoms with Crippen LogP contribution < -0.4 is 16.4 Å². The molecular formula is C60H89N7O12. The number of H-pyrrole nitrogens is 2. The van der Waals surface area contributed by atoms with E-state index >= 15 is 4.79 Å². The van der Waals surface area contributed by atoms with Crippen LogP contribution in [0.15, 0.2) is 36.7 Å². The van der Waals surface area contributed by atoms with Gasteiger partial charge in [0.1, 0.15) is 24.5 Å². The molecule has 1 amide bonds. The van der Waals surface area contributed by atoms with E-state index in [1.807, 2.05) is 20.2 Å². The van der Waals surface area contributed by atoms with Crippen LogP contribution in [0.5, 0.6) is 0 Å². The zero-order valence-corrected chi connectivity index (χ0v) is 46.8. The number of nitrogens with zero attached hydrogens (tertiary/aromatic N) is 2. The van der Waals surface area contributed by atoms with Gasteiger partial charge in [0.15, 0.2) is 6.29 Å². The Morgan fingerprint density at radius 3 is 2.34 bits per heavy atom. The summed E-state index contributed by atoms with van der Waals surface area (Å²) in [4.78, 5) is 45.4. The van der Waals surface area contributed by atoms with E-state index in [0.29, 0.717) is 90.0 Å². The summed E-state index contributed by atoms with van der Waals surface area (Å²) in [5.41, 5.74) is 3.44. The van der Waals surface area contributed by atoms with Crippen LogP contribution in [0.4, 0.5) is 0 Å². The van der Waals surface area contributed by atoms with E-state index < -0.39 is 129 Å². The van der Waals surface area contributed by atoms with E-state index in [0.717, 1.165) is 29.8 Å². The third-order valence-corrected chi connectivity index (χ3v) is 24.1. The number of rotatable bonds is 15. The van der Waals surface area contributed by atoms with Crippen molar-refractivity contribution in [2.24, 2.45) is 91.0 Å². The molecule has 9 aliphatic rings. The summed E-state index contributed by atoms with van der Waals surface area (Å²) >= 11 is 0. The van der Waals surface area contributed by atoms with Gasteiger partial charge in [-0.3, -0.25) is 9.59 Å². The van der Waals surface area contributed by atoms with E-state index in [1.165, 1.54) is 0 Å². The van der Waals surface area contributed by atoms with Crippen molar-refractivity contribution in [2.75, 3.05) is 33.4 Å². The normalized spacial score (nSPS) is 46.2. The fourth-order valence-electron chi connectivity index (χ4n) is 20.4. The lowest BCUT2D eigenvalue weighted by atomic mass is 9.28. The van der Waals surface area contributed by atoms with Gasteiger partial charge in [0, 0.05) is 89.8 Å². The Morgan fingerprint density at radius 1 is 0.937 bits per heavy atom. The predicted molar refractivity (Wildman–Crippen MR) is 288 cm³/mol. The highest BCUT2D eigenvalue weighted by Crippen LogP contribution is 2.80. The second kappa shape index (κ2) is 20.8. The zero-order chi connectivity index (χ0) is 56.2. The first-order valence-electron chi connectivity index (χ1n) is 29.6. The number of carboxylic acids is 1. The second-order valence-electron chi connectivity index (χ2n) is 27.5. The van der Waals surface area contributed by atoms with E-state index in [1.54, 1.807) is 18.9 Å². The lowest BCUT2D eigenvalue weighted by molar-refractivity contribution is -0.344. The molecule has 0 aromatic carbocycles. The molecule has 14 N–H and O–H groups in total. The Balaban J connectivity index is 1.15. The molecule has 2 aromatic rings. The number of nitrogens with two attached hydrogens (primary N) is 1. The van der Waals surface area contributed by atoms with Crippen LogP contribution in [0.1, 0.15) is 135 Å². The number of aliphatic carboxylic acids is 1. The molecule has 436 valence electrons. The topological polar surface area (TPSA) is 322 Å². The summed E-state index contributed by atoms with van der Waals surface area (Å²) in [6.07, 6.45) is 7.89. The summed E-state index contributed by atoms with van der Waals surface area (Å²) < 4.78 is 12.9. The molecule has 19 heteroatoms. The highest BCUT2D eigenvalue weighted by atomic mass is 16.7. The number of carbonyl (C=O) groups is 2. The molecule has 19 nitrogen and oxygen atoms in total. The molecule has 2 spiro atoms. The van der Waals surface area contributed by atoms with Gasteiger partial charge in [0.05, 0.1) is 48.9 Å². The van der Waals surface area contributed by atoms with Crippen LogP contribution in [-0.2, 0) is 25.5 Å². The first kappa shape index (κ1) is 57.1. The SMILES string of the molecule is CNCC(CC(c1cnc[nH]1)C1NC(=O)C2(CCCC2)C1C1C#CCCC23C(=CCC4C5(C)C1C(O)C(OC1OCC(O)C(O)C1O)C(C)(CO)C5CCC42C)C1CC(C)(CO)CCC1(C(=O)O)CC3Cc1cnc[nH]1)C(N)O. The van der Waals surface area contributed by atoms with E-state index in [-0.39, 0.29) is 42.8 Å². The van der Waals surface area contributed by atoms with Gasteiger partial charge < -0.3 is 76.7 Å². The van der Waals surface area contributed by atoms with Crippen molar-refractivity contribution in [1.82, 2.24) is 30.6 Å². The van der Waals surface area contributed by atoms with Gasteiger partial charge in [-0.25, -0.2) is 9.97 Å². The second-order valence-corrected chi connectivity index (χ2v) is 27.5. The maximum absolute atomic E-state index is 15.4. The average Bonchev–Trinajstić information content (AvgIpc) is 2.37. The van der Waals surface area contributed by atoms with Crippen molar-refractivity contribution in [3.63, 3.8) is 0 Å². The number of amides is 1. The number of hydrogen-bond acceptors (Lipinski definition) is 15. The van der Waals surface area contributed by atoms with Gasteiger partial charge in [0.25, 0.3) is 0 Å². The fourth-order valence-corrected chi connectivity index (χ4v) is 20.4. The molecule has 11 rings (SSSR count). The number of aromatic nitrogens is 4. The summed E-state index contributed by atoms with van der Waals surface area (Å²) in [6, 6.07) is -0.584. The van der Waals surface area contributed by atoms with Gasteiger partial charge in [-0.2, -0.15) is 0 Å². The standard InChI is InChI=1S/C60H89N7O12/c1-54(28-68)18-19-59(53(76)77)22-33(21-34-25-63-30-65-34)60-16-7-6-10-35(43-45(67-52(75)58(43)14-8-9-15-58)36(39-26-64-31-66-39)20-32(24-62-5)50(61)74)44-47(72)49(79-51-48(73)46(71)40(70)27-78-51)55(2,29-69)41-13-17-56(60,3)42(57(41,44)4)12-11-37(60)38(59)23-54/h11,25-26,30-33,35-36,38,40-51,62,68-74H,7-9,12-24,27-29,61H2,1-5H3,(H,63,65)(H,64,66)(H,67,75)(H,76,77). The number of aliphatic hydroxyl groups excluding tert-OH is 7. The lowest BCUT2D eigenvalue weighted by Gasteiger charge is -2.75. The number of carboxylic acid groups (broad SMARTS) is 1. The van der Waals surface area contributed by atoms with Crippen LogP contribution in [0.25, 0.3) is 0 Å². The molecule has 4 heterocycles. The Hall–Kier alpha value is -3.78. The molecule has 4 bridgehead atoms. The van der Waals surface area contributed by atoms with Gasteiger partial charge >= 0.3 is 5.97 Å². The zero-order valence-electron chi connectivity index (χ0n) is 46.8. The molecule has 7 aliphatic carbocycles. The monoisotopic (exact) mass is 1100 g/mol. The van der Waals surface area contributed by atoms with Crippen molar-refractivity contribution >= 4 is 11.9 Å². The highest BCUT2D eigenvalue weighted by molar-refractivity contribution is 5.86. The Labute approximate surface area is 464 Å². The molecule has 5 saturated carbocycles. The Morgan fingerprint density at radius 2 is 1.68 bits per heavy atom. The number of aliphatic hydroxyl groups is 7. The molecule has 0 radical (unpaired) electrons. The largest absolute Gasteiger partial charge is 0.481 e. The minimum absolute atomic E-state index is 0.0558. The fraction of sp³-hybridized carbons (Fsp3) is 0.800. The van der Waals surface area contributed by atoms with Crippen molar-refractivity contribution in [3.05, 3.63) is 48.1 Å². The van der Waals surface area contributed by atoms with Crippen molar-refractivity contribution in [2.45, 2.75) is 179 Å². The third kappa shape index (κ3) is 8.44. The molecule has 23 atom stereocenters. The first-order chi connectivity index (χ1) is 37.6. The number of ether oxygens (including phenoxy) is 2. The van der Waals surface area contributed by atoms with Crippen LogP contribution in [0.3, 0.4) is 0 Å². The highest BCUT2D eigenvalue weighted by Gasteiger charge is 2.77. The number of imidazole rings is 2. The molecule has 2 aliphatic heterocycles. The molecule has 7 fully saturated rings. The predicted octanol–water partition coefficient (Wildman–Crippen LogP) is 3.11. The van der Waals surface area contributed by atoms with Crippen molar-refractivity contribution < 1.29 is 59.9 Å². The number of allylic oxidation sites excluding steroid dienone is 2. The maximum Gasteiger partial charge on any atom is 0.310 e. The quantitative estimate of drug-likeness (QED) is 0.0528. The van der Waals surface area contributed by atoms with E-state index in [4.69, 9.17) is 15.2 Å². The maximum atomic E-state index is 15.4. The lowest BCUT2D eigenvalue weighted by Crippen LogP contribution is -2.74. The minimum atomic E-state index is -1.69. The third-order valence-electron chi connectivity index (χ3n) is 24.1. The smallest absolute Gasteiger partial charge is 0.310 e. The molecule has 23 unspecified atom stereocenters. The number of fused-ring (bicyclic) bond motifs is 2. The molecule has 2 aromatic heterocycles. The Bertz CT molecular complexity index is 2640. The van der Waals surface area contributed by atoms with E-state index in [2.05, 4.69) is 69.3 Å². The average molecular weight is 1100 g/mol. The molecule has 79 heavy (non-hydrogen) atoms. The van der Waals surface area contributed by atoms with Gasteiger partial charge in [0.2, 0.25) is 5.91 Å². The van der Waals surface area contributed by atoms with Gasteiger partial charge in [-0.1, -0.05) is 58.1 Å². The molecule has 2 saturated heterocycles. The van der Waals surface area contributed by atoms with Gasteiger partial charge in [-0.05, 0) is 124 Å². The number of nitrogens with one attached hydrogen (secondary N) is 4.